The fourth-order valence-corrected chi connectivity index (χ4v) is 1.39. The van der Waals surface area contributed by atoms with E-state index in [-0.39, 0.29) is 23.7 Å². The molecule has 0 unspecified atom stereocenters. The zero-order valence-corrected chi connectivity index (χ0v) is 7.02. The van der Waals surface area contributed by atoms with Gasteiger partial charge in [0.15, 0.2) is 5.78 Å². The van der Waals surface area contributed by atoms with Gasteiger partial charge in [0, 0.05) is 12.8 Å². The van der Waals surface area contributed by atoms with E-state index in [2.05, 4.69) is 9.40 Å². The molecule has 1 heterocycles. The first kappa shape index (κ1) is 9.23. The number of hydrogen-bond acceptors (Lipinski definition) is 3. The lowest BCUT2D eigenvalue weighted by molar-refractivity contribution is -0.157. The average molecular weight is 205 g/mol. The fraction of sp³-hybridized carbons (Fsp3) is 0.500. The van der Waals surface area contributed by atoms with Crippen LogP contribution in [0.15, 0.2) is 4.42 Å². The number of aromatic nitrogens is 1. The van der Waals surface area contributed by atoms with Gasteiger partial charge in [0.2, 0.25) is 0 Å². The zero-order valence-electron chi connectivity index (χ0n) is 7.02. The summed E-state index contributed by atoms with van der Waals surface area (Å²) in [6, 6.07) is 0. The predicted octanol–water partition coefficient (Wildman–Crippen LogP) is 2.21. The Morgan fingerprint density at radius 3 is 2.57 bits per heavy atom. The summed E-state index contributed by atoms with van der Waals surface area (Å²) < 4.78 is 40.9. The molecule has 3 nitrogen and oxygen atoms in total. The Morgan fingerprint density at radius 1 is 1.29 bits per heavy atom. The molecule has 0 fully saturated rings. The Balaban J connectivity index is 2.45. The third-order valence-corrected chi connectivity index (χ3v) is 2.01. The standard InChI is InChI=1S/C8H6F3NO2/c9-8(10,11)7-12-6-4(13)2-1-3-5(6)14-7/h1-3H2. The first-order valence-corrected chi connectivity index (χ1v) is 4.08. The second-order valence-corrected chi connectivity index (χ2v) is 3.07. The molecule has 76 valence electrons. The van der Waals surface area contributed by atoms with Gasteiger partial charge in [0.1, 0.15) is 11.5 Å². The van der Waals surface area contributed by atoms with Gasteiger partial charge < -0.3 is 4.42 Å². The Morgan fingerprint density at radius 2 is 2.00 bits per heavy atom. The molecular formula is C8H6F3NO2. The molecule has 1 aliphatic rings. The maximum atomic E-state index is 12.1. The summed E-state index contributed by atoms with van der Waals surface area (Å²) in [5.41, 5.74) is -0.149. The Hall–Kier alpha value is -1.33. The summed E-state index contributed by atoms with van der Waals surface area (Å²) in [6.07, 6.45) is -3.49. The molecule has 0 N–H and O–H groups in total. The maximum absolute atomic E-state index is 12.1. The van der Waals surface area contributed by atoms with Gasteiger partial charge in [-0.1, -0.05) is 0 Å². The van der Waals surface area contributed by atoms with Crippen molar-refractivity contribution in [3.63, 3.8) is 0 Å². The molecule has 1 aromatic rings. The van der Waals surface area contributed by atoms with E-state index < -0.39 is 12.1 Å². The normalized spacial score (nSPS) is 16.9. The Kier molecular flexibility index (Phi) is 1.87. The molecule has 0 amide bonds. The van der Waals surface area contributed by atoms with Crippen LogP contribution >= 0.6 is 0 Å². The third-order valence-electron chi connectivity index (χ3n) is 2.01. The van der Waals surface area contributed by atoms with E-state index in [0.29, 0.717) is 12.8 Å². The minimum atomic E-state index is -4.61. The van der Waals surface area contributed by atoms with Crippen molar-refractivity contribution >= 4 is 5.78 Å². The largest absolute Gasteiger partial charge is 0.468 e. The molecule has 0 atom stereocenters. The van der Waals surface area contributed by atoms with E-state index in [9.17, 15) is 18.0 Å². The van der Waals surface area contributed by atoms with Crippen molar-refractivity contribution in [1.29, 1.82) is 0 Å². The number of aryl methyl sites for hydroxylation is 1. The molecule has 1 aliphatic carbocycles. The molecule has 0 spiro atoms. The number of nitrogens with zero attached hydrogens (tertiary/aromatic N) is 1. The number of carbonyl (C=O) groups excluding carboxylic acids is 1. The zero-order chi connectivity index (χ0) is 10.3. The second kappa shape index (κ2) is 2.83. The Bertz CT molecular complexity index is 380. The number of rotatable bonds is 0. The van der Waals surface area contributed by atoms with Gasteiger partial charge in [0.25, 0.3) is 0 Å². The van der Waals surface area contributed by atoms with Crippen LogP contribution in [-0.2, 0) is 12.6 Å². The SMILES string of the molecule is O=C1CCCc2oc(C(F)(F)F)nc21. The molecule has 0 aromatic carbocycles. The number of halogens is 3. The summed E-state index contributed by atoms with van der Waals surface area (Å²) in [6.45, 7) is 0. The monoisotopic (exact) mass is 205 g/mol. The number of oxazole rings is 1. The smallest absolute Gasteiger partial charge is 0.437 e. The van der Waals surface area contributed by atoms with Crippen LogP contribution in [0.2, 0.25) is 0 Å². The van der Waals surface area contributed by atoms with Crippen molar-refractivity contribution in [3.05, 3.63) is 17.3 Å². The predicted molar refractivity (Wildman–Crippen MR) is 38.8 cm³/mol. The topological polar surface area (TPSA) is 43.1 Å². The van der Waals surface area contributed by atoms with Crippen LogP contribution in [0, 0.1) is 0 Å². The van der Waals surface area contributed by atoms with Gasteiger partial charge in [0.05, 0.1) is 0 Å². The van der Waals surface area contributed by atoms with Gasteiger partial charge in [-0.2, -0.15) is 13.2 Å². The lowest BCUT2D eigenvalue weighted by atomic mass is 10.0. The van der Waals surface area contributed by atoms with E-state index in [1.54, 1.807) is 0 Å². The molecule has 6 heteroatoms. The number of fused-ring (bicyclic) bond motifs is 1. The molecule has 2 rings (SSSR count). The third kappa shape index (κ3) is 1.40. The van der Waals surface area contributed by atoms with Crippen LogP contribution in [0.5, 0.6) is 0 Å². The number of Topliss-reactive ketones (excluding diaryl/α,β-unsaturated/α-hetero) is 1. The quantitative estimate of drug-likeness (QED) is 0.652. The summed E-state index contributed by atoms with van der Waals surface area (Å²) in [5.74, 6) is -1.63. The minimum Gasteiger partial charge on any atom is -0.437 e. The summed E-state index contributed by atoms with van der Waals surface area (Å²) in [7, 11) is 0. The highest BCUT2D eigenvalue weighted by atomic mass is 19.4. The van der Waals surface area contributed by atoms with Gasteiger partial charge in [-0.05, 0) is 6.42 Å². The number of hydrogen-bond donors (Lipinski definition) is 0. The number of ketones is 1. The highest BCUT2D eigenvalue weighted by molar-refractivity contribution is 5.96. The van der Waals surface area contributed by atoms with Crippen molar-refractivity contribution in [1.82, 2.24) is 4.98 Å². The van der Waals surface area contributed by atoms with E-state index in [1.807, 2.05) is 0 Å². The van der Waals surface area contributed by atoms with Crippen LogP contribution in [0.1, 0.15) is 35.0 Å². The van der Waals surface area contributed by atoms with Crippen molar-refractivity contribution in [2.45, 2.75) is 25.4 Å². The van der Waals surface area contributed by atoms with E-state index in [1.165, 1.54) is 0 Å². The second-order valence-electron chi connectivity index (χ2n) is 3.07. The van der Waals surface area contributed by atoms with Gasteiger partial charge in [-0.15, -0.1) is 0 Å². The van der Waals surface area contributed by atoms with Gasteiger partial charge in [-0.3, -0.25) is 4.79 Å². The Labute approximate surface area is 76.9 Å². The van der Waals surface area contributed by atoms with E-state index in [0.717, 1.165) is 0 Å². The lowest BCUT2D eigenvalue weighted by Gasteiger charge is -2.04. The number of alkyl halides is 3. The first-order valence-electron chi connectivity index (χ1n) is 4.08. The highest BCUT2D eigenvalue weighted by Gasteiger charge is 2.39. The highest BCUT2D eigenvalue weighted by Crippen LogP contribution is 2.32. The van der Waals surface area contributed by atoms with Crippen molar-refractivity contribution < 1.29 is 22.4 Å². The summed E-state index contributed by atoms with van der Waals surface area (Å²) >= 11 is 0. The maximum Gasteiger partial charge on any atom is 0.468 e. The summed E-state index contributed by atoms with van der Waals surface area (Å²) in [5, 5.41) is 0. The van der Waals surface area contributed by atoms with E-state index >= 15 is 0 Å². The van der Waals surface area contributed by atoms with Gasteiger partial charge in [-0.25, -0.2) is 4.98 Å². The molecule has 0 radical (unpaired) electrons. The molecule has 0 bridgehead atoms. The molecule has 1 aromatic heterocycles. The van der Waals surface area contributed by atoms with Crippen LogP contribution in [-0.4, -0.2) is 10.8 Å². The van der Waals surface area contributed by atoms with Crippen LogP contribution in [0.25, 0.3) is 0 Å². The van der Waals surface area contributed by atoms with Crippen molar-refractivity contribution in [3.8, 4) is 0 Å². The number of carbonyl (C=O) groups is 1. The fourth-order valence-electron chi connectivity index (χ4n) is 1.39. The molecule has 14 heavy (non-hydrogen) atoms. The molecule has 0 saturated carbocycles. The lowest BCUT2D eigenvalue weighted by Crippen LogP contribution is -2.10. The van der Waals surface area contributed by atoms with Crippen molar-refractivity contribution in [2.24, 2.45) is 0 Å². The molecule has 0 aliphatic heterocycles. The van der Waals surface area contributed by atoms with Crippen molar-refractivity contribution in [2.75, 3.05) is 0 Å². The summed E-state index contributed by atoms with van der Waals surface area (Å²) in [4.78, 5) is 14.3. The molecular weight excluding hydrogens is 199 g/mol. The van der Waals surface area contributed by atoms with Gasteiger partial charge >= 0.3 is 12.1 Å². The van der Waals surface area contributed by atoms with Crippen LogP contribution < -0.4 is 0 Å². The first-order chi connectivity index (χ1) is 6.48. The average Bonchev–Trinajstić information content (AvgIpc) is 2.48. The van der Waals surface area contributed by atoms with Crippen LogP contribution in [0.4, 0.5) is 13.2 Å². The van der Waals surface area contributed by atoms with Crippen LogP contribution in [0.3, 0.4) is 0 Å². The molecule has 0 saturated heterocycles. The minimum absolute atomic E-state index is 0.0635. The van der Waals surface area contributed by atoms with E-state index in [4.69, 9.17) is 0 Å².